The number of benzene rings is 2. The number of amides is 1. The molecule has 34 heavy (non-hydrogen) atoms. The topological polar surface area (TPSA) is 83.5 Å². The number of carbonyl (C=O) groups excluding carboxylic acids is 1. The third-order valence-electron chi connectivity index (χ3n) is 5.89. The van der Waals surface area contributed by atoms with Gasteiger partial charge in [-0.3, -0.25) is 14.7 Å². The van der Waals surface area contributed by atoms with E-state index in [4.69, 9.17) is 4.98 Å². The van der Waals surface area contributed by atoms with Crippen LogP contribution < -0.4 is 4.90 Å². The summed E-state index contributed by atoms with van der Waals surface area (Å²) in [5.74, 6) is -0.263. The summed E-state index contributed by atoms with van der Waals surface area (Å²) in [6, 6.07) is 17.8. The lowest BCUT2D eigenvalue weighted by molar-refractivity contribution is 0.0984. The molecule has 1 fully saturated rings. The highest BCUT2D eigenvalue weighted by atomic mass is 32.2. The van der Waals surface area contributed by atoms with Gasteiger partial charge in [-0.1, -0.05) is 23.5 Å². The number of hydrogen-bond acceptors (Lipinski definition) is 6. The Bertz CT molecular complexity index is 1450. The molecule has 9 heteroatoms. The summed E-state index contributed by atoms with van der Waals surface area (Å²) in [5, 5.41) is 0.571. The van der Waals surface area contributed by atoms with Crippen LogP contribution in [0.25, 0.3) is 10.2 Å². The van der Waals surface area contributed by atoms with Crippen LogP contribution in [-0.2, 0) is 16.6 Å². The van der Waals surface area contributed by atoms with Gasteiger partial charge in [-0.05, 0) is 73.9 Å². The van der Waals surface area contributed by atoms with Crippen LogP contribution in [-0.4, -0.2) is 41.7 Å². The lowest BCUT2D eigenvalue weighted by Gasteiger charge is -2.20. The minimum Gasteiger partial charge on any atom is -0.278 e. The van der Waals surface area contributed by atoms with E-state index >= 15 is 0 Å². The molecule has 174 valence electrons. The first kappa shape index (κ1) is 22.6. The van der Waals surface area contributed by atoms with Gasteiger partial charge in [-0.2, -0.15) is 4.31 Å². The molecule has 2 aromatic carbocycles. The average Bonchev–Trinajstić information content (AvgIpc) is 3.61. The molecule has 1 aliphatic rings. The summed E-state index contributed by atoms with van der Waals surface area (Å²) in [6.45, 7) is 2.27. The van der Waals surface area contributed by atoms with Crippen LogP contribution in [0.1, 0.15) is 34.5 Å². The molecule has 1 amide bonds. The Morgan fingerprint density at radius 1 is 1.09 bits per heavy atom. The smallest absolute Gasteiger partial charge is 0.260 e. The van der Waals surface area contributed by atoms with Gasteiger partial charge in [0.25, 0.3) is 5.91 Å². The van der Waals surface area contributed by atoms with Crippen molar-refractivity contribution in [1.82, 2.24) is 14.3 Å². The molecule has 2 aromatic heterocycles. The number of anilines is 1. The first-order chi connectivity index (χ1) is 16.3. The third kappa shape index (κ3) is 4.46. The Balaban J connectivity index is 1.48. The SMILES string of the molecule is Cc1ccc2nc(N(Cc3ccccn3)C(=O)c3ccc(S(=O)(=O)N(C)C4CC4)cc3)sc2c1. The molecular formula is C25H24N4O3S2. The van der Waals surface area contributed by atoms with Crippen molar-refractivity contribution >= 4 is 42.6 Å². The van der Waals surface area contributed by atoms with E-state index in [0.717, 1.165) is 34.3 Å². The van der Waals surface area contributed by atoms with Crippen molar-refractivity contribution < 1.29 is 13.2 Å². The maximum Gasteiger partial charge on any atom is 0.260 e. The van der Waals surface area contributed by atoms with Crippen molar-refractivity contribution in [2.45, 2.75) is 37.2 Å². The number of thiazole rings is 1. The Labute approximate surface area is 202 Å². The second-order valence-corrected chi connectivity index (χ2v) is 11.5. The van der Waals surface area contributed by atoms with E-state index in [1.165, 1.54) is 27.8 Å². The highest BCUT2D eigenvalue weighted by Crippen LogP contribution is 2.32. The molecule has 0 radical (unpaired) electrons. The van der Waals surface area contributed by atoms with Gasteiger partial charge in [-0.25, -0.2) is 13.4 Å². The van der Waals surface area contributed by atoms with Crippen LogP contribution in [0, 0.1) is 6.92 Å². The molecule has 0 atom stereocenters. The van der Waals surface area contributed by atoms with E-state index in [1.54, 1.807) is 30.3 Å². The normalized spacial score (nSPS) is 14.0. The number of rotatable bonds is 7. The fourth-order valence-electron chi connectivity index (χ4n) is 3.74. The molecule has 0 bridgehead atoms. The van der Waals surface area contributed by atoms with Crippen molar-refractivity contribution in [2.75, 3.05) is 11.9 Å². The van der Waals surface area contributed by atoms with Crippen molar-refractivity contribution in [1.29, 1.82) is 0 Å². The molecule has 0 N–H and O–H groups in total. The van der Waals surface area contributed by atoms with Crippen LogP contribution in [0.3, 0.4) is 0 Å². The van der Waals surface area contributed by atoms with Gasteiger partial charge >= 0.3 is 0 Å². The first-order valence-electron chi connectivity index (χ1n) is 11.0. The Kier molecular flexibility index (Phi) is 5.93. The van der Waals surface area contributed by atoms with Gasteiger partial charge < -0.3 is 0 Å². The lowest BCUT2D eigenvalue weighted by Crippen LogP contribution is -2.31. The first-order valence-corrected chi connectivity index (χ1v) is 13.3. The second-order valence-electron chi connectivity index (χ2n) is 8.46. The summed E-state index contributed by atoms with van der Waals surface area (Å²) in [5.41, 5.74) is 3.07. The number of nitrogens with zero attached hydrogens (tertiary/aromatic N) is 4. The Morgan fingerprint density at radius 3 is 2.53 bits per heavy atom. The van der Waals surface area contributed by atoms with Crippen LogP contribution in [0.2, 0.25) is 0 Å². The largest absolute Gasteiger partial charge is 0.278 e. The van der Waals surface area contributed by atoms with E-state index in [9.17, 15) is 13.2 Å². The molecule has 0 unspecified atom stereocenters. The van der Waals surface area contributed by atoms with E-state index in [0.29, 0.717) is 10.7 Å². The van der Waals surface area contributed by atoms with Gasteiger partial charge in [0, 0.05) is 24.8 Å². The minimum atomic E-state index is -3.57. The van der Waals surface area contributed by atoms with Crippen molar-refractivity contribution in [3.05, 3.63) is 83.7 Å². The summed E-state index contributed by atoms with van der Waals surface area (Å²) in [6.07, 6.45) is 3.46. The molecule has 0 spiro atoms. The number of carbonyl (C=O) groups is 1. The fraction of sp³-hybridized carbons (Fsp3) is 0.240. The Hall–Kier alpha value is -3.14. The van der Waals surface area contributed by atoms with Gasteiger partial charge in [-0.15, -0.1) is 0 Å². The molecule has 4 aromatic rings. The van der Waals surface area contributed by atoms with Gasteiger partial charge in [0.1, 0.15) is 0 Å². The predicted molar refractivity (Wildman–Crippen MR) is 134 cm³/mol. The Morgan fingerprint density at radius 2 is 1.85 bits per heavy atom. The lowest BCUT2D eigenvalue weighted by atomic mass is 10.2. The van der Waals surface area contributed by atoms with Gasteiger partial charge in [0.2, 0.25) is 10.0 Å². The molecule has 1 aliphatic carbocycles. The van der Waals surface area contributed by atoms with E-state index in [2.05, 4.69) is 11.1 Å². The standard InChI is InChI=1S/C25H24N4O3S2/c1-17-6-13-22-23(15-17)33-25(27-22)29(16-19-5-3-4-14-26-19)24(30)18-7-11-21(12-8-18)34(31,32)28(2)20-9-10-20/h3-8,11-15,20H,9-10,16H2,1-2H3. The summed E-state index contributed by atoms with van der Waals surface area (Å²) < 4.78 is 28.1. The number of fused-ring (bicyclic) bond motifs is 1. The zero-order valence-corrected chi connectivity index (χ0v) is 20.5. The zero-order chi connectivity index (χ0) is 23.9. The highest BCUT2D eigenvalue weighted by molar-refractivity contribution is 7.89. The van der Waals surface area contributed by atoms with Crippen molar-refractivity contribution in [2.24, 2.45) is 0 Å². The molecule has 1 saturated carbocycles. The molecule has 2 heterocycles. The van der Waals surface area contributed by atoms with Crippen LogP contribution in [0.15, 0.2) is 71.8 Å². The van der Waals surface area contributed by atoms with Crippen molar-refractivity contribution in [3.63, 3.8) is 0 Å². The van der Waals surface area contributed by atoms with E-state index in [1.807, 2.05) is 37.3 Å². The number of pyridine rings is 1. The van der Waals surface area contributed by atoms with Crippen LogP contribution >= 0.6 is 11.3 Å². The number of hydrogen-bond donors (Lipinski definition) is 0. The number of aromatic nitrogens is 2. The maximum absolute atomic E-state index is 13.6. The monoisotopic (exact) mass is 492 g/mol. The maximum atomic E-state index is 13.6. The van der Waals surface area contributed by atoms with Gasteiger partial charge in [0.05, 0.1) is 27.4 Å². The minimum absolute atomic E-state index is 0.0721. The predicted octanol–water partition coefficient (Wildman–Crippen LogP) is 4.63. The molecule has 7 nitrogen and oxygen atoms in total. The average molecular weight is 493 g/mol. The quantitative estimate of drug-likeness (QED) is 0.376. The molecule has 5 rings (SSSR count). The molecular weight excluding hydrogens is 468 g/mol. The third-order valence-corrected chi connectivity index (χ3v) is 8.86. The molecule has 0 saturated heterocycles. The molecule has 0 aliphatic heterocycles. The van der Waals surface area contributed by atoms with Crippen molar-refractivity contribution in [3.8, 4) is 0 Å². The van der Waals surface area contributed by atoms with Crippen LogP contribution in [0.4, 0.5) is 5.13 Å². The second kappa shape index (κ2) is 8.90. The highest BCUT2D eigenvalue weighted by Gasteiger charge is 2.35. The van der Waals surface area contributed by atoms with Gasteiger partial charge in [0.15, 0.2) is 5.13 Å². The van der Waals surface area contributed by atoms with E-state index in [-0.39, 0.29) is 23.4 Å². The fourth-order valence-corrected chi connectivity index (χ4v) is 6.22. The summed E-state index contributed by atoms with van der Waals surface area (Å²) >= 11 is 1.45. The van der Waals surface area contributed by atoms with Crippen LogP contribution in [0.5, 0.6) is 0 Å². The van der Waals surface area contributed by atoms with E-state index < -0.39 is 10.0 Å². The summed E-state index contributed by atoms with van der Waals surface area (Å²) in [7, 11) is -1.97. The zero-order valence-electron chi connectivity index (χ0n) is 18.9. The summed E-state index contributed by atoms with van der Waals surface area (Å²) in [4.78, 5) is 24.5. The number of sulfonamides is 1. The number of aryl methyl sites for hydroxylation is 1.